The number of hydrogen-bond donors (Lipinski definition) is 1. The average molecular weight is 326 g/mol. The minimum absolute atomic E-state index is 0.0752. The van der Waals surface area contributed by atoms with E-state index >= 15 is 0 Å². The summed E-state index contributed by atoms with van der Waals surface area (Å²) < 4.78 is 5.75. The number of nitrogens with zero attached hydrogens (tertiary/aromatic N) is 1. The third kappa shape index (κ3) is 3.51. The number of carbonyl (C=O) groups is 1. The number of aryl methyl sites for hydroxylation is 2. The van der Waals surface area contributed by atoms with E-state index < -0.39 is 0 Å². The van der Waals surface area contributed by atoms with Crippen LogP contribution in [0.4, 0.5) is 0 Å². The quantitative estimate of drug-likeness (QED) is 0.776. The monoisotopic (exact) mass is 326 g/mol. The van der Waals surface area contributed by atoms with Crippen molar-refractivity contribution in [3.63, 3.8) is 0 Å². The lowest BCUT2D eigenvalue weighted by molar-refractivity contribution is -0.119. The number of amides is 1. The van der Waals surface area contributed by atoms with Gasteiger partial charge < -0.3 is 9.73 Å². The molecule has 0 aliphatic rings. The van der Waals surface area contributed by atoms with E-state index in [0.717, 1.165) is 27.8 Å². The molecule has 1 amide bonds. The van der Waals surface area contributed by atoms with E-state index in [0.29, 0.717) is 6.54 Å². The van der Waals surface area contributed by atoms with Crippen LogP contribution in [0.25, 0.3) is 22.0 Å². The first-order chi connectivity index (χ1) is 11.0. The molecule has 0 fully saturated rings. The van der Waals surface area contributed by atoms with Crippen LogP contribution in [0, 0.1) is 13.8 Å². The molecule has 3 aromatic rings. The van der Waals surface area contributed by atoms with Crippen molar-refractivity contribution in [2.24, 2.45) is 0 Å². The summed E-state index contributed by atoms with van der Waals surface area (Å²) >= 11 is 1.60. The molecule has 1 aromatic carbocycles. The Morgan fingerprint density at radius 1 is 1.26 bits per heavy atom. The van der Waals surface area contributed by atoms with Gasteiger partial charge in [-0.1, -0.05) is 23.8 Å². The third-order valence-corrected chi connectivity index (χ3v) is 4.42. The van der Waals surface area contributed by atoms with Gasteiger partial charge in [0.05, 0.1) is 6.54 Å². The lowest BCUT2D eigenvalue weighted by Crippen LogP contribution is -2.18. The molecule has 0 aliphatic heterocycles. The van der Waals surface area contributed by atoms with Crippen LogP contribution in [0.5, 0.6) is 0 Å². The number of furan rings is 1. The summed E-state index contributed by atoms with van der Waals surface area (Å²) in [7, 11) is 0. The molecule has 23 heavy (non-hydrogen) atoms. The van der Waals surface area contributed by atoms with E-state index in [-0.39, 0.29) is 5.91 Å². The fraction of sp³-hybridized carbons (Fsp3) is 0.222. The molecule has 4 nitrogen and oxygen atoms in total. The molecule has 0 unspecified atom stereocenters. The maximum atomic E-state index is 10.9. The number of hydrogen-bond acceptors (Lipinski definition) is 4. The number of benzene rings is 1. The zero-order valence-corrected chi connectivity index (χ0v) is 14.2. The topological polar surface area (TPSA) is 55.1 Å². The molecule has 2 heterocycles. The molecule has 0 radical (unpaired) electrons. The summed E-state index contributed by atoms with van der Waals surface area (Å²) in [5, 5.41) is 5.70. The number of nitrogens with one attached hydrogen (secondary N) is 1. The van der Waals surface area contributed by atoms with Gasteiger partial charge in [0.25, 0.3) is 0 Å². The summed E-state index contributed by atoms with van der Waals surface area (Å²) in [6.07, 6.45) is 0. The zero-order valence-electron chi connectivity index (χ0n) is 13.3. The van der Waals surface area contributed by atoms with Crippen LogP contribution in [0.15, 0.2) is 40.1 Å². The van der Waals surface area contributed by atoms with Gasteiger partial charge in [-0.2, -0.15) is 0 Å². The largest absolute Gasteiger partial charge is 0.458 e. The molecule has 0 atom stereocenters. The van der Waals surface area contributed by atoms with Crippen LogP contribution in [0.1, 0.15) is 23.8 Å². The van der Waals surface area contributed by atoms with Crippen LogP contribution in [0.2, 0.25) is 0 Å². The van der Waals surface area contributed by atoms with Crippen LogP contribution < -0.4 is 5.32 Å². The van der Waals surface area contributed by atoms with Crippen molar-refractivity contribution in [2.45, 2.75) is 27.3 Å². The maximum absolute atomic E-state index is 10.9. The summed E-state index contributed by atoms with van der Waals surface area (Å²) in [4.78, 5) is 15.6. The SMILES string of the molecule is CC(=O)NCc1ccc(-c2csc(-c3ccc(C)cc3C)n2)o1. The molecule has 0 saturated carbocycles. The van der Waals surface area contributed by atoms with Crippen molar-refractivity contribution in [3.8, 4) is 22.0 Å². The number of aromatic nitrogens is 1. The van der Waals surface area contributed by atoms with Gasteiger partial charge in [-0.3, -0.25) is 4.79 Å². The molecule has 0 spiro atoms. The van der Waals surface area contributed by atoms with Crippen molar-refractivity contribution < 1.29 is 9.21 Å². The van der Waals surface area contributed by atoms with Crippen molar-refractivity contribution in [1.82, 2.24) is 10.3 Å². The second-order valence-electron chi connectivity index (χ2n) is 5.53. The van der Waals surface area contributed by atoms with E-state index in [4.69, 9.17) is 4.42 Å². The van der Waals surface area contributed by atoms with Crippen LogP contribution in [0.3, 0.4) is 0 Å². The van der Waals surface area contributed by atoms with E-state index in [2.05, 4.69) is 42.3 Å². The summed E-state index contributed by atoms with van der Waals surface area (Å²) in [6.45, 7) is 6.06. The van der Waals surface area contributed by atoms with Gasteiger partial charge in [0.1, 0.15) is 16.5 Å². The lowest BCUT2D eigenvalue weighted by Gasteiger charge is -2.03. The maximum Gasteiger partial charge on any atom is 0.217 e. The van der Waals surface area contributed by atoms with Gasteiger partial charge in [0.2, 0.25) is 5.91 Å². The fourth-order valence-corrected chi connectivity index (χ4v) is 3.29. The smallest absolute Gasteiger partial charge is 0.217 e. The highest BCUT2D eigenvalue weighted by Gasteiger charge is 2.12. The summed E-state index contributed by atoms with van der Waals surface area (Å²) in [5.41, 5.74) is 4.43. The molecule has 1 N–H and O–H groups in total. The van der Waals surface area contributed by atoms with Crippen LogP contribution in [-0.2, 0) is 11.3 Å². The summed E-state index contributed by atoms with van der Waals surface area (Å²) in [6, 6.07) is 10.1. The molecule has 0 saturated heterocycles. The molecular formula is C18H18N2O2S. The molecule has 0 bridgehead atoms. The lowest BCUT2D eigenvalue weighted by atomic mass is 10.1. The van der Waals surface area contributed by atoms with Crippen molar-refractivity contribution >= 4 is 17.2 Å². The van der Waals surface area contributed by atoms with Crippen LogP contribution >= 0.6 is 11.3 Å². The Morgan fingerprint density at radius 3 is 2.83 bits per heavy atom. The second-order valence-corrected chi connectivity index (χ2v) is 6.39. The van der Waals surface area contributed by atoms with Crippen molar-refractivity contribution in [2.75, 3.05) is 0 Å². The van der Waals surface area contributed by atoms with Crippen molar-refractivity contribution in [3.05, 3.63) is 52.6 Å². The molecular weight excluding hydrogens is 308 g/mol. The Bertz CT molecular complexity index is 848. The Balaban J connectivity index is 1.83. The molecule has 0 aliphatic carbocycles. The van der Waals surface area contributed by atoms with E-state index in [9.17, 15) is 4.79 Å². The first-order valence-corrected chi connectivity index (χ1v) is 8.27. The Labute approximate surface area is 139 Å². The minimum atomic E-state index is -0.0752. The van der Waals surface area contributed by atoms with Gasteiger partial charge in [-0.05, 0) is 31.5 Å². The predicted molar refractivity (Wildman–Crippen MR) is 92.2 cm³/mol. The predicted octanol–water partition coefficient (Wildman–Crippen LogP) is 4.32. The second kappa shape index (κ2) is 6.38. The highest BCUT2D eigenvalue weighted by Crippen LogP contribution is 2.31. The highest BCUT2D eigenvalue weighted by atomic mass is 32.1. The summed E-state index contributed by atoms with van der Waals surface area (Å²) in [5.74, 6) is 1.36. The standard InChI is InChI=1S/C18H18N2O2S/c1-11-4-6-15(12(2)8-11)18-20-16(10-23-18)17-7-5-14(22-17)9-19-13(3)21/h4-8,10H,9H2,1-3H3,(H,19,21). The van der Waals surface area contributed by atoms with E-state index in [1.54, 1.807) is 11.3 Å². The molecule has 118 valence electrons. The van der Waals surface area contributed by atoms with Gasteiger partial charge in [0.15, 0.2) is 5.76 Å². The van der Waals surface area contributed by atoms with Crippen LogP contribution in [-0.4, -0.2) is 10.9 Å². The number of carbonyl (C=O) groups excluding carboxylic acids is 1. The fourth-order valence-electron chi connectivity index (χ4n) is 2.39. The Hall–Kier alpha value is -2.40. The molecule has 5 heteroatoms. The number of rotatable bonds is 4. The first-order valence-electron chi connectivity index (χ1n) is 7.39. The first kappa shape index (κ1) is 15.5. The average Bonchev–Trinajstić information content (AvgIpc) is 3.14. The van der Waals surface area contributed by atoms with Gasteiger partial charge in [-0.15, -0.1) is 11.3 Å². The normalized spacial score (nSPS) is 10.7. The van der Waals surface area contributed by atoms with Gasteiger partial charge >= 0.3 is 0 Å². The van der Waals surface area contributed by atoms with Gasteiger partial charge in [0, 0.05) is 17.9 Å². The highest BCUT2D eigenvalue weighted by molar-refractivity contribution is 7.13. The van der Waals surface area contributed by atoms with Crippen molar-refractivity contribution in [1.29, 1.82) is 0 Å². The van der Waals surface area contributed by atoms with E-state index in [1.807, 2.05) is 17.5 Å². The Kier molecular flexibility index (Phi) is 4.30. The number of thiazole rings is 1. The molecule has 2 aromatic heterocycles. The van der Waals surface area contributed by atoms with Gasteiger partial charge in [-0.25, -0.2) is 4.98 Å². The minimum Gasteiger partial charge on any atom is -0.458 e. The third-order valence-electron chi connectivity index (χ3n) is 3.54. The molecule has 3 rings (SSSR count). The Morgan fingerprint density at radius 2 is 2.09 bits per heavy atom. The van der Waals surface area contributed by atoms with E-state index in [1.165, 1.54) is 18.1 Å². The zero-order chi connectivity index (χ0) is 16.4.